The fourth-order valence-electron chi connectivity index (χ4n) is 2.53. The second kappa shape index (κ2) is 8.43. The first-order valence-electron chi connectivity index (χ1n) is 8.30. The Hall–Kier alpha value is -2.24. The van der Waals surface area contributed by atoms with Crippen molar-refractivity contribution < 1.29 is 9.53 Å². The number of ether oxygens (including phenoxy) is 1. The van der Waals surface area contributed by atoms with Gasteiger partial charge in [0.1, 0.15) is 11.4 Å². The van der Waals surface area contributed by atoms with Crippen molar-refractivity contribution in [1.82, 2.24) is 14.7 Å². The van der Waals surface area contributed by atoms with Crippen molar-refractivity contribution in [2.75, 3.05) is 6.61 Å². The van der Waals surface area contributed by atoms with Crippen molar-refractivity contribution in [1.29, 1.82) is 0 Å². The Bertz CT molecular complexity index is 924. The van der Waals surface area contributed by atoms with Crippen LogP contribution in [0.4, 0.5) is 0 Å². The predicted molar refractivity (Wildman–Crippen MR) is 103 cm³/mol. The molecule has 3 rings (SSSR count). The van der Waals surface area contributed by atoms with E-state index in [2.05, 4.69) is 10.3 Å². The third kappa shape index (κ3) is 4.90. The van der Waals surface area contributed by atoms with Gasteiger partial charge in [0.25, 0.3) is 0 Å². The van der Waals surface area contributed by atoms with Gasteiger partial charge in [-0.1, -0.05) is 29.3 Å². The van der Waals surface area contributed by atoms with E-state index in [0.29, 0.717) is 41.8 Å². The summed E-state index contributed by atoms with van der Waals surface area (Å²) >= 11 is 11.9. The number of fused-ring (bicyclic) bond motifs is 1. The van der Waals surface area contributed by atoms with Crippen LogP contribution in [-0.2, 0) is 11.3 Å². The lowest BCUT2D eigenvalue weighted by Crippen LogP contribution is -2.23. The maximum Gasteiger partial charge on any atom is 0.220 e. The van der Waals surface area contributed by atoms with Gasteiger partial charge in [-0.15, -0.1) is 0 Å². The van der Waals surface area contributed by atoms with Gasteiger partial charge in [-0.05, 0) is 43.2 Å². The van der Waals surface area contributed by atoms with Crippen molar-refractivity contribution in [3.05, 3.63) is 64.0 Å². The van der Waals surface area contributed by atoms with Gasteiger partial charge in [-0.25, -0.2) is 4.98 Å². The Kier molecular flexibility index (Phi) is 6.01. The number of nitrogens with zero attached hydrogens (tertiary/aromatic N) is 2. The monoisotopic (exact) mass is 391 g/mol. The molecule has 7 heteroatoms. The number of benzene rings is 1. The summed E-state index contributed by atoms with van der Waals surface area (Å²) in [5.74, 6) is 0.528. The number of carbonyl (C=O) groups excluding carboxylic acids is 1. The Labute approximate surface area is 161 Å². The van der Waals surface area contributed by atoms with Crippen molar-refractivity contribution in [3.8, 4) is 5.75 Å². The minimum atomic E-state index is -0.0379. The molecule has 0 saturated heterocycles. The van der Waals surface area contributed by atoms with Gasteiger partial charge >= 0.3 is 0 Å². The van der Waals surface area contributed by atoms with Gasteiger partial charge in [0.15, 0.2) is 0 Å². The molecule has 0 atom stereocenters. The predicted octanol–water partition coefficient (Wildman–Crippen LogP) is 4.42. The van der Waals surface area contributed by atoms with Crippen LogP contribution >= 0.6 is 23.2 Å². The molecule has 0 fully saturated rings. The molecular weight excluding hydrogens is 373 g/mol. The summed E-state index contributed by atoms with van der Waals surface area (Å²) in [5.41, 5.74) is 2.85. The minimum Gasteiger partial charge on any atom is -0.492 e. The van der Waals surface area contributed by atoms with Gasteiger partial charge in [0, 0.05) is 23.8 Å². The lowest BCUT2D eigenvalue weighted by Gasteiger charge is -2.08. The molecule has 0 bridgehead atoms. The van der Waals surface area contributed by atoms with Gasteiger partial charge in [-0.2, -0.15) is 0 Å². The summed E-state index contributed by atoms with van der Waals surface area (Å²) in [6, 6.07) is 9.03. The van der Waals surface area contributed by atoms with Crippen LogP contribution in [-0.4, -0.2) is 21.9 Å². The summed E-state index contributed by atoms with van der Waals surface area (Å²) in [7, 11) is 0. The van der Waals surface area contributed by atoms with E-state index in [4.69, 9.17) is 27.9 Å². The fraction of sp³-hybridized carbons (Fsp3) is 0.263. The Morgan fingerprint density at radius 2 is 2.08 bits per heavy atom. The number of halogens is 2. The second-order valence-corrected chi connectivity index (χ2v) is 6.85. The molecule has 1 N–H and O–H groups in total. The molecule has 0 aliphatic carbocycles. The van der Waals surface area contributed by atoms with E-state index in [9.17, 15) is 4.79 Å². The minimum absolute atomic E-state index is 0.0379. The summed E-state index contributed by atoms with van der Waals surface area (Å²) in [4.78, 5) is 16.4. The van der Waals surface area contributed by atoms with Gasteiger partial charge in [0.05, 0.1) is 23.9 Å². The maximum atomic E-state index is 12.0. The first-order valence-corrected chi connectivity index (χ1v) is 9.05. The standard InChI is InChI=1S/C19H19Cl2N3O2/c1-13-4-7-18-23-15(12-24(18)11-13)10-22-19(25)3-2-8-26-17-6-5-14(20)9-16(17)21/h4-7,9,11-12H,2-3,8,10H2,1H3,(H,22,25). The molecule has 26 heavy (non-hydrogen) atoms. The molecule has 2 aromatic heterocycles. The molecule has 0 radical (unpaired) electrons. The third-order valence-corrected chi connectivity index (χ3v) is 4.35. The van der Waals surface area contributed by atoms with E-state index in [0.717, 1.165) is 16.9 Å². The normalized spacial score (nSPS) is 10.9. The van der Waals surface area contributed by atoms with Gasteiger partial charge in [0.2, 0.25) is 5.91 Å². The highest BCUT2D eigenvalue weighted by Crippen LogP contribution is 2.27. The summed E-state index contributed by atoms with van der Waals surface area (Å²) in [6.07, 6.45) is 4.90. The molecule has 0 unspecified atom stereocenters. The van der Waals surface area contributed by atoms with Crippen molar-refractivity contribution in [2.45, 2.75) is 26.3 Å². The molecule has 5 nitrogen and oxygen atoms in total. The van der Waals surface area contributed by atoms with Gasteiger partial charge in [-0.3, -0.25) is 4.79 Å². The lowest BCUT2D eigenvalue weighted by molar-refractivity contribution is -0.121. The van der Waals surface area contributed by atoms with Crippen molar-refractivity contribution in [3.63, 3.8) is 0 Å². The number of aromatic nitrogens is 2. The zero-order valence-corrected chi connectivity index (χ0v) is 15.8. The van der Waals surface area contributed by atoms with Crippen LogP contribution in [0.2, 0.25) is 10.0 Å². The zero-order valence-electron chi connectivity index (χ0n) is 14.3. The van der Waals surface area contributed by atoms with Crippen LogP contribution in [0.1, 0.15) is 24.1 Å². The molecular formula is C19H19Cl2N3O2. The van der Waals surface area contributed by atoms with E-state index in [1.54, 1.807) is 18.2 Å². The third-order valence-electron chi connectivity index (χ3n) is 3.82. The number of aryl methyl sites for hydroxylation is 1. The first kappa shape index (κ1) is 18.5. The summed E-state index contributed by atoms with van der Waals surface area (Å²) in [6.45, 7) is 2.84. The molecule has 0 aliphatic heterocycles. The van der Waals surface area contributed by atoms with Crippen LogP contribution in [0.25, 0.3) is 5.65 Å². The Morgan fingerprint density at radius 3 is 2.88 bits per heavy atom. The molecule has 1 amide bonds. The van der Waals surface area contributed by atoms with E-state index >= 15 is 0 Å². The molecule has 0 aliphatic rings. The first-order chi connectivity index (χ1) is 12.5. The largest absolute Gasteiger partial charge is 0.492 e. The summed E-state index contributed by atoms with van der Waals surface area (Å²) < 4.78 is 7.53. The zero-order chi connectivity index (χ0) is 18.5. The smallest absolute Gasteiger partial charge is 0.220 e. The van der Waals surface area contributed by atoms with Crippen molar-refractivity contribution >= 4 is 34.8 Å². The van der Waals surface area contributed by atoms with E-state index in [1.807, 2.05) is 35.9 Å². The highest BCUT2D eigenvalue weighted by Gasteiger charge is 2.06. The van der Waals surface area contributed by atoms with Crippen LogP contribution < -0.4 is 10.1 Å². The number of amides is 1. The van der Waals surface area contributed by atoms with Crippen molar-refractivity contribution in [2.24, 2.45) is 0 Å². The molecule has 1 aromatic carbocycles. The lowest BCUT2D eigenvalue weighted by atomic mass is 10.3. The molecule has 0 saturated carbocycles. The Morgan fingerprint density at radius 1 is 1.23 bits per heavy atom. The molecule has 2 heterocycles. The van der Waals surface area contributed by atoms with Crippen LogP contribution in [0, 0.1) is 6.92 Å². The van der Waals surface area contributed by atoms with E-state index < -0.39 is 0 Å². The number of carbonyl (C=O) groups is 1. The quantitative estimate of drug-likeness (QED) is 0.606. The average molecular weight is 392 g/mol. The number of nitrogens with one attached hydrogen (secondary N) is 1. The molecule has 136 valence electrons. The highest BCUT2D eigenvalue weighted by atomic mass is 35.5. The highest BCUT2D eigenvalue weighted by molar-refractivity contribution is 6.35. The van der Waals surface area contributed by atoms with Crippen LogP contribution in [0.5, 0.6) is 5.75 Å². The topological polar surface area (TPSA) is 55.6 Å². The van der Waals surface area contributed by atoms with Gasteiger partial charge < -0.3 is 14.5 Å². The SMILES string of the molecule is Cc1ccc2nc(CNC(=O)CCCOc3ccc(Cl)cc3Cl)cn2c1. The van der Waals surface area contributed by atoms with E-state index in [1.165, 1.54) is 0 Å². The maximum absolute atomic E-state index is 12.0. The van der Waals surface area contributed by atoms with E-state index in [-0.39, 0.29) is 5.91 Å². The number of pyridine rings is 1. The number of imidazole rings is 1. The number of rotatable bonds is 7. The summed E-state index contributed by atoms with van der Waals surface area (Å²) in [5, 5.41) is 3.90. The Balaban J connectivity index is 1.41. The second-order valence-electron chi connectivity index (χ2n) is 6.01. The average Bonchev–Trinajstić information content (AvgIpc) is 3.00. The molecule has 3 aromatic rings. The molecule has 0 spiro atoms. The fourth-order valence-corrected chi connectivity index (χ4v) is 2.99. The number of hydrogen-bond acceptors (Lipinski definition) is 3. The van der Waals surface area contributed by atoms with Crippen LogP contribution in [0.3, 0.4) is 0 Å². The number of hydrogen-bond donors (Lipinski definition) is 1. The van der Waals surface area contributed by atoms with Crippen LogP contribution in [0.15, 0.2) is 42.7 Å².